The molecule has 1 saturated carbocycles. The molecule has 74 valence electrons. The summed E-state index contributed by atoms with van der Waals surface area (Å²) < 4.78 is 4.97. The van der Waals surface area contributed by atoms with E-state index < -0.39 is 0 Å². The Labute approximate surface area is 80.1 Å². The molecule has 0 bridgehead atoms. The number of hydrogen-bond donors (Lipinski definition) is 1. The smallest absolute Gasteiger partial charge is 0.104 e. The summed E-state index contributed by atoms with van der Waals surface area (Å²) in [4.78, 5) is 0. The first-order valence-electron chi connectivity index (χ1n) is 4.88. The van der Waals surface area contributed by atoms with Gasteiger partial charge < -0.3 is 4.74 Å². The zero-order valence-electron chi connectivity index (χ0n) is 8.47. The van der Waals surface area contributed by atoms with Gasteiger partial charge in [-0.3, -0.25) is 5.32 Å². The molecular formula is C10H18N2O. The van der Waals surface area contributed by atoms with Crippen LogP contribution in [0.5, 0.6) is 0 Å². The van der Waals surface area contributed by atoms with Crippen molar-refractivity contribution in [3.63, 3.8) is 0 Å². The Hall–Kier alpha value is -0.590. The third kappa shape index (κ3) is 3.75. The van der Waals surface area contributed by atoms with Crippen molar-refractivity contribution in [3.8, 4) is 6.07 Å². The van der Waals surface area contributed by atoms with Crippen molar-refractivity contribution in [1.29, 1.82) is 5.26 Å². The minimum Gasteiger partial charge on any atom is -0.385 e. The van der Waals surface area contributed by atoms with E-state index in [4.69, 9.17) is 10.00 Å². The molecule has 0 saturated heterocycles. The fourth-order valence-corrected chi connectivity index (χ4v) is 1.41. The van der Waals surface area contributed by atoms with Gasteiger partial charge in [0.15, 0.2) is 0 Å². The van der Waals surface area contributed by atoms with Gasteiger partial charge >= 0.3 is 0 Å². The molecule has 0 radical (unpaired) electrons. The van der Waals surface area contributed by atoms with Crippen LogP contribution >= 0.6 is 0 Å². The number of methoxy groups -OCH3 is 1. The molecule has 1 aliphatic carbocycles. The van der Waals surface area contributed by atoms with E-state index in [1.807, 2.05) is 6.92 Å². The Morgan fingerprint density at radius 2 is 2.31 bits per heavy atom. The van der Waals surface area contributed by atoms with E-state index in [1.54, 1.807) is 7.11 Å². The Bertz CT molecular complexity index is 196. The van der Waals surface area contributed by atoms with E-state index in [0.717, 1.165) is 19.4 Å². The highest BCUT2D eigenvalue weighted by molar-refractivity contribution is 5.06. The van der Waals surface area contributed by atoms with E-state index >= 15 is 0 Å². The maximum Gasteiger partial charge on any atom is 0.104 e. The maximum atomic E-state index is 9.01. The summed E-state index contributed by atoms with van der Waals surface area (Å²) in [7, 11) is 1.69. The standard InChI is InChI=1S/C10H18N2O/c1-10(8-11,6-3-7-13-2)12-9-4-5-9/h9,12H,3-7H2,1-2H3. The van der Waals surface area contributed by atoms with Crippen LogP contribution < -0.4 is 5.32 Å². The summed E-state index contributed by atoms with van der Waals surface area (Å²) in [6, 6.07) is 2.93. The Morgan fingerprint density at radius 1 is 1.62 bits per heavy atom. The second kappa shape index (κ2) is 4.59. The van der Waals surface area contributed by atoms with Crippen molar-refractivity contribution >= 4 is 0 Å². The van der Waals surface area contributed by atoms with Crippen LogP contribution in [0.15, 0.2) is 0 Å². The fraction of sp³-hybridized carbons (Fsp3) is 0.900. The van der Waals surface area contributed by atoms with Crippen LogP contribution in [0, 0.1) is 11.3 Å². The Kier molecular flexibility index (Phi) is 3.71. The van der Waals surface area contributed by atoms with Crippen molar-refractivity contribution < 1.29 is 4.74 Å². The van der Waals surface area contributed by atoms with Crippen LogP contribution in [-0.4, -0.2) is 25.3 Å². The summed E-state index contributed by atoms with van der Waals surface area (Å²) in [5.41, 5.74) is -0.348. The molecule has 1 aliphatic rings. The number of nitrogens with one attached hydrogen (secondary N) is 1. The predicted molar refractivity (Wildman–Crippen MR) is 51.3 cm³/mol. The van der Waals surface area contributed by atoms with Crippen LogP contribution in [0.25, 0.3) is 0 Å². The summed E-state index contributed by atoms with van der Waals surface area (Å²) in [6.45, 7) is 2.71. The molecule has 1 N–H and O–H groups in total. The number of nitriles is 1. The normalized spacial score (nSPS) is 20.7. The van der Waals surface area contributed by atoms with Gasteiger partial charge in [-0.2, -0.15) is 5.26 Å². The van der Waals surface area contributed by atoms with E-state index in [1.165, 1.54) is 12.8 Å². The highest BCUT2D eigenvalue weighted by atomic mass is 16.5. The minimum atomic E-state index is -0.348. The summed E-state index contributed by atoms with van der Waals surface area (Å²) in [5.74, 6) is 0. The molecule has 13 heavy (non-hydrogen) atoms. The van der Waals surface area contributed by atoms with Crippen molar-refractivity contribution in [2.24, 2.45) is 0 Å². The van der Waals surface area contributed by atoms with Gasteiger partial charge in [0.25, 0.3) is 0 Å². The van der Waals surface area contributed by atoms with E-state index in [9.17, 15) is 0 Å². The molecule has 1 atom stereocenters. The predicted octanol–water partition coefficient (Wildman–Crippen LogP) is 1.45. The lowest BCUT2D eigenvalue weighted by Gasteiger charge is -2.22. The highest BCUT2D eigenvalue weighted by Crippen LogP contribution is 2.24. The second-order valence-electron chi connectivity index (χ2n) is 3.96. The van der Waals surface area contributed by atoms with Gasteiger partial charge in [0.1, 0.15) is 5.54 Å². The first-order chi connectivity index (χ1) is 6.20. The van der Waals surface area contributed by atoms with Gasteiger partial charge in [-0.15, -0.1) is 0 Å². The number of rotatable bonds is 6. The van der Waals surface area contributed by atoms with E-state index in [-0.39, 0.29) is 5.54 Å². The van der Waals surface area contributed by atoms with Crippen LogP contribution in [0.3, 0.4) is 0 Å². The highest BCUT2D eigenvalue weighted by Gasteiger charge is 2.31. The van der Waals surface area contributed by atoms with Crippen molar-refractivity contribution in [2.75, 3.05) is 13.7 Å². The van der Waals surface area contributed by atoms with Crippen LogP contribution in [0.4, 0.5) is 0 Å². The van der Waals surface area contributed by atoms with Crippen LogP contribution in [0.2, 0.25) is 0 Å². The summed E-state index contributed by atoms with van der Waals surface area (Å²) in [6.07, 6.45) is 4.26. The molecule has 3 heteroatoms. The van der Waals surface area contributed by atoms with Crippen LogP contribution in [0.1, 0.15) is 32.6 Å². The average molecular weight is 182 g/mol. The molecule has 0 aromatic rings. The summed E-state index contributed by atoms with van der Waals surface area (Å²) >= 11 is 0. The third-order valence-electron chi connectivity index (χ3n) is 2.37. The average Bonchev–Trinajstić information content (AvgIpc) is 2.89. The molecule has 1 rings (SSSR count). The molecule has 3 nitrogen and oxygen atoms in total. The van der Waals surface area contributed by atoms with Crippen LogP contribution in [-0.2, 0) is 4.74 Å². The zero-order chi connectivity index (χ0) is 9.73. The largest absolute Gasteiger partial charge is 0.385 e. The second-order valence-corrected chi connectivity index (χ2v) is 3.96. The van der Waals surface area contributed by atoms with Crippen molar-refractivity contribution in [3.05, 3.63) is 0 Å². The van der Waals surface area contributed by atoms with Gasteiger partial charge in [0.2, 0.25) is 0 Å². The summed E-state index contributed by atoms with van der Waals surface area (Å²) in [5, 5.41) is 12.4. The Morgan fingerprint density at radius 3 is 2.77 bits per heavy atom. The lowest BCUT2D eigenvalue weighted by atomic mass is 9.98. The maximum absolute atomic E-state index is 9.01. The molecule has 0 aromatic carbocycles. The third-order valence-corrected chi connectivity index (χ3v) is 2.37. The number of ether oxygens (including phenoxy) is 1. The minimum absolute atomic E-state index is 0.348. The van der Waals surface area contributed by atoms with Gasteiger partial charge in [0, 0.05) is 19.8 Å². The quantitative estimate of drug-likeness (QED) is 0.632. The zero-order valence-corrected chi connectivity index (χ0v) is 8.47. The van der Waals surface area contributed by atoms with Gasteiger partial charge in [0.05, 0.1) is 6.07 Å². The monoisotopic (exact) mass is 182 g/mol. The van der Waals surface area contributed by atoms with Gasteiger partial charge in [-0.1, -0.05) is 0 Å². The lowest BCUT2D eigenvalue weighted by Crippen LogP contribution is -2.42. The van der Waals surface area contributed by atoms with E-state index in [0.29, 0.717) is 6.04 Å². The lowest BCUT2D eigenvalue weighted by molar-refractivity contribution is 0.185. The van der Waals surface area contributed by atoms with Gasteiger partial charge in [-0.05, 0) is 32.6 Å². The molecule has 0 spiro atoms. The number of hydrogen-bond acceptors (Lipinski definition) is 3. The topological polar surface area (TPSA) is 45.0 Å². The molecule has 1 fully saturated rings. The fourth-order valence-electron chi connectivity index (χ4n) is 1.41. The first-order valence-corrected chi connectivity index (χ1v) is 4.88. The number of nitrogens with zero attached hydrogens (tertiary/aromatic N) is 1. The first kappa shape index (κ1) is 10.5. The molecule has 0 heterocycles. The van der Waals surface area contributed by atoms with E-state index in [2.05, 4.69) is 11.4 Å². The molecule has 0 aliphatic heterocycles. The van der Waals surface area contributed by atoms with Crippen molar-refractivity contribution in [2.45, 2.75) is 44.2 Å². The van der Waals surface area contributed by atoms with Crippen molar-refractivity contribution in [1.82, 2.24) is 5.32 Å². The molecule has 0 amide bonds. The molecular weight excluding hydrogens is 164 g/mol. The SMILES string of the molecule is COCCCC(C)(C#N)NC1CC1. The molecule has 0 aromatic heterocycles. The molecule has 1 unspecified atom stereocenters. The Balaban J connectivity index is 2.25. The van der Waals surface area contributed by atoms with Gasteiger partial charge in [-0.25, -0.2) is 0 Å².